The second-order valence-corrected chi connectivity index (χ2v) is 10.5. The summed E-state index contributed by atoms with van der Waals surface area (Å²) in [6.45, 7) is 17.7. The van der Waals surface area contributed by atoms with Gasteiger partial charge in [0.05, 0.1) is 0 Å². The molecule has 2 N–H and O–H groups in total. The standard InChI is InChI=1S/C28H47N3O4/c1-10-13-18-29-25(32)24(22-16-14-21(12-3)15-17-22)31(20(6)11-2)26(33)23(19(4)5)30-27(34)35-28(7,8)9/h14-17,19-20,23-24H,10-13,18H2,1-9H3,(H,29,32)(H,30,34). The van der Waals surface area contributed by atoms with Crippen LogP contribution in [-0.2, 0) is 20.7 Å². The fourth-order valence-electron chi connectivity index (χ4n) is 3.76. The van der Waals surface area contributed by atoms with E-state index in [9.17, 15) is 14.4 Å². The maximum Gasteiger partial charge on any atom is 0.408 e. The minimum atomic E-state index is -0.834. The molecular weight excluding hydrogens is 442 g/mol. The van der Waals surface area contributed by atoms with Crippen LogP contribution in [0.2, 0.25) is 0 Å². The molecule has 0 saturated heterocycles. The average Bonchev–Trinajstić information content (AvgIpc) is 2.79. The molecule has 3 unspecified atom stereocenters. The predicted molar refractivity (Wildman–Crippen MR) is 141 cm³/mol. The molecule has 0 aliphatic carbocycles. The zero-order valence-electron chi connectivity index (χ0n) is 23.2. The fraction of sp³-hybridized carbons (Fsp3) is 0.679. The Balaban J connectivity index is 3.46. The number of unbranched alkanes of at least 4 members (excludes halogenated alkanes) is 1. The van der Waals surface area contributed by atoms with Crippen molar-refractivity contribution < 1.29 is 19.1 Å². The summed E-state index contributed by atoms with van der Waals surface area (Å²) in [6, 6.07) is 5.99. The Morgan fingerprint density at radius 1 is 1.00 bits per heavy atom. The van der Waals surface area contributed by atoms with Gasteiger partial charge in [-0.2, -0.15) is 0 Å². The molecule has 0 saturated carbocycles. The van der Waals surface area contributed by atoms with Gasteiger partial charge >= 0.3 is 6.09 Å². The first kappa shape index (κ1) is 30.5. The number of carbonyl (C=O) groups is 3. The Morgan fingerprint density at radius 3 is 2.06 bits per heavy atom. The lowest BCUT2D eigenvalue weighted by Crippen LogP contribution is -2.57. The summed E-state index contributed by atoms with van der Waals surface area (Å²) in [6.07, 6.45) is 2.72. The van der Waals surface area contributed by atoms with Gasteiger partial charge in [0, 0.05) is 12.6 Å². The van der Waals surface area contributed by atoms with Gasteiger partial charge in [-0.25, -0.2) is 4.79 Å². The lowest BCUT2D eigenvalue weighted by molar-refractivity contribution is -0.146. The van der Waals surface area contributed by atoms with E-state index >= 15 is 0 Å². The molecule has 0 fully saturated rings. The molecule has 7 heteroatoms. The third kappa shape index (κ3) is 9.54. The average molecular weight is 490 g/mol. The molecule has 7 nitrogen and oxygen atoms in total. The van der Waals surface area contributed by atoms with Crippen LogP contribution < -0.4 is 10.6 Å². The van der Waals surface area contributed by atoms with Gasteiger partial charge in [-0.15, -0.1) is 0 Å². The zero-order chi connectivity index (χ0) is 26.8. The number of benzene rings is 1. The SMILES string of the molecule is CCCCNC(=O)C(c1ccc(CC)cc1)N(C(=O)C(NC(=O)OC(C)(C)C)C(C)C)C(C)CC. The third-order valence-corrected chi connectivity index (χ3v) is 5.98. The van der Waals surface area contributed by atoms with Crippen molar-refractivity contribution in [2.24, 2.45) is 5.92 Å². The molecule has 0 heterocycles. The smallest absolute Gasteiger partial charge is 0.408 e. The second-order valence-electron chi connectivity index (χ2n) is 10.5. The van der Waals surface area contributed by atoms with Crippen molar-refractivity contribution >= 4 is 17.9 Å². The first-order valence-electron chi connectivity index (χ1n) is 13.0. The number of ether oxygens (including phenoxy) is 1. The van der Waals surface area contributed by atoms with Crippen LogP contribution in [0.1, 0.15) is 98.7 Å². The van der Waals surface area contributed by atoms with Crippen LogP contribution in [0.15, 0.2) is 24.3 Å². The van der Waals surface area contributed by atoms with Crippen LogP contribution in [0.25, 0.3) is 0 Å². The summed E-state index contributed by atoms with van der Waals surface area (Å²) >= 11 is 0. The Hall–Kier alpha value is -2.57. The lowest BCUT2D eigenvalue weighted by Gasteiger charge is -2.39. The Labute approximate surface area is 212 Å². The van der Waals surface area contributed by atoms with E-state index < -0.39 is 23.8 Å². The van der Waals surface area contributed by atoms with Gasteiger partial charge < -0.3 is 20.3 Å². The van der Waals surface area contributed by atoms with E-state index in [1.54, 1.807) is 25.7 Å². The molecular formula is C28H47N3O4. The van der Waals surface area contributed by atoms with Gasteiger partial charge in [-0.3, -0.25) is 9.59 Å². The van der Waals surface area contributed by atoms with Crippen LogP contribution >= 0.6 is 0 Å². The number of amides is 3. The molecule has 198 valence electrons. The van der Waals surface area contributed by atoms with E-state index in [0.717, 1.165) is 30.4 Å². The summed E-state index contributed by atoms with van der Waals surface area (Å²) in [5.41, 5.74) is 1.23. The zero-order valence-corrected chi connectivity index (χ0v) is 23.2. The first-order chi connectivity index (χ1) is 16.4. The van der Waals surface area contributed by atoms with Gasteiger partial charge in [0.1, 0.15) is 17.7 Å². The van der Waals surface area contributed by atoms with Crippen molar-refractivity contribution in [3.8, 4) is 0 Å². The quantitative estimate of drug-likeness (QED) is 0.386. The lowest BCUT2D eigenvalue weighted by atomic mass is 9.96. The van der Waals surface area contributed by atoms with Crippen molar-refractivity contribution in [1.82, 2.24) is 15.5 Å². The molecule has 0 radical (unpaired) electrons. The molecule has 0 aliphatic heterocycles. The molecule has 0 aromatic heterocycles. The number of rotatable bonds is 12. The summed E-state index contributed by atoms with van der Waals surface area (Å²) in [5, 5.41) is 5.78. The van der Waals surface area contributed by atoms with E-state index in [2.05, 4.69) is 24.5 Å². The van der Waals surface area contributed by atoms with E-state index in [0.29, 0.717) is 13.0 Å². The predicted octanol–water partition coefficient (Wildman–Crippen LogP) is 5.38. The molecule has 3 atom stereocenters. The molecule has 1 aromatic carbocycles. The van der Waals surface area contributed by atoms with Gasteiger partial charge in [0.25, 0.3) is 0 Å². The van der Waals surface area contributed by atoms with E-state index in [1.165, 1.54) is 0 Å². The van der Waals surface area contributed by atoms with Gasteiger partial charge in [0.15, 0.2) is 0 Å². The fourth-order valence-corrected chi connectivity index (χ4v) is 3.76. The minimum absolute atomic E-state index is 0.201. The van der Waals surface area contributed by atoms with Crippen LogP contribution in [0.5, 0.6) is 0 Å². The van der Waals surface area contributed by atoms with Gasteiger partial charge in [-0.05, 0) is 64.0 Å². The number of alkyl carbamates (subject to hydrolysis) is 1. The Kier molecular flexibility index (Phi) is 12.3. The first-order valence-corrected chi connectivity index (χ1v) is 13.0. The van der Waals surface area contributed by atoms with Crippen molar-refractivity contribution in [2.75, 3.05) is 6.54 Å². The highest BCUT2D eigenvalue weighted by atomic mass is 16.6. The Morgan fingerprint density at radius 2 is 1.60 bits per heavy atom. The van der Waals surface area contributed by atoms with E-state index in [1.807, 2.05) is 52.0 Å². The highest BCUT2D eigenvalue weighted by molar-refractivity contribution is 5.92. The summed E-state index contributed by atoms with van der Waals surface area (Å²) in [5.74, 6) is -0.709. The Bertz CT molecular complexity index is 814. The highest BCUT2D eigenvalue weighted by Crippen LogP contribution is 2.28. The van der Waals surface area contributed by atoms with Gasteiger partial charge in [0.2, 0.25) is 11.8 Å². The molecule has 3 amide bonds. The highest BCUT2D eigenvalue weighted by Gasteiger charge is 2.39. The molecule has 1 aromatic rings. The number of aryl methyl sites for hydroxylation is 1. The maximum atomic E-state index is 14.0. The maximum absolute atomic E-state index is 14.0. The second kappa shape index (κ2) is 14.1. The number of nitrogens with zero attached hydrogens (tertiary/aromatic N) is 1. The summed E-state index contributed by atoms with van der Waals surface area (Å²) < 4.78 is 5.42. The van der Waals surface area contributed by atoms with Crippen molar-refractivity contribution in [2.45, 2.75) is 112 Å². The molecule has 0 aliphatic rings. The molecule has 35 heavy (non-hydrogen) atoms. The van der Waals surface area contributed by atoms with Crippen molar-refractivity contribution in [3.63, 3.8) is 0 Å². The number of hydrogen-bond donors (Lipinski definition) is 2. The normalized spacial score (nSPS) is 14.1. The van der Waals surface area contributed by atoms with Crippen LogP contribution in [0.3, 0.4) is 0 Å². The monoisotopic (exact) mass is 489 g/mol. The van der Waals surface area contributed by atoms with Gasteiger partial charge in [-0.1, -0.05) is 65.3 Å². The van der Waals surface area contributed by atoms with E-state index in [4.69, 9.17) is 4.74 Å². The largest absolute Gasteiger partial charge is 0.444 e. The number of nitrogens with one attached hydrogen (secondary N) is 2. The van der Waals surface area contributed by atoms with E-state index in [-0.39, 0.29) is 23.8 Å². The molecule has 0 bridgehead atoms. The van der Waals surface area contributed by atoms with Crippen LogP contribution in [0, 0.1) is 5.92 Å². The van der Waals surface area contributed by atoms with Crippen LogP contribution in [-0.4, -0.2) is 47.0 Å². The minimum Gasteiger partial charge on any atom is -0.444 e. The third-order valence-electron chi connectivity index (χ3n) is 5.98. The van der Waals surface area contributed by atoms with Crippen LogP contribution in [0.4, 0.5) is 4.79 Å². The number of hydrogen-bond acceptors (Lipinski definition) is 4. The van der Waals surface area contributed by atoms with Crippen molar-refractivity contribution in [3.05, 3.63) is 35.4 Å². The summed E-state index contributed by atoms with van der Waals surface area (Å²) in [7, 11) is 0. The van der Waals surface area contributed by atoms with Crippen molar-refractivity contribution in [1.29, 1.82) is 0 Å². The number of carbonyl (C=O) groups excluding carboxylic acids is 3. The molecule has 0 spiro atoms. The summed E-state index contributed by atoms with van der Waals surface area (Å²) in [4.78, 5) is 41.8. The molecule has 1 rings (SSSR count). The topological polar surface area (TPSA) is 87.7 Å².